The number of benzene rings is 2. The molecule has 0 bridgehead atoms. The first kappa shape index (κ1) is 24.4. The molecule has 4 rings (SSSR count). The van der Waals surface area contributed by atoms with Gasteiger partial charge in [0.2, 0.25) is 0 Å². The first-order valence-corrected chi connectivity index (χ1v) is 11.4. The van der Waals surface area contributed by atoms with Crippen molar-refractivity contribution >= 4 is 11.9 Å². The molecule has 1 aliphatic carbocycles. The van der Waals surface area contributed by atoms with Crippen LogP contribution < -0.4 is 18.9 Å². The zero-order valence-corrected chi connectivity index (χ0v) is 20.8. The number of rotatable bonds is 6. The highest BCUT2D eigenvalue weighted by Crippen LogP contribution is 2.52. The predicted octanol–water partition coefficient (Wildman–Crippen LogP) is 4.28. The molecule has 1 aliphatic heterocycles. The van der Waals surface area contributed by atoms with Gasteiger partial charge in [-0.25, -0.2) is 4.79 Å². The number of allylic oxidation sites excluding steroid dienone is 1. The second-order valence-electron chi connectivity index (χ2n) is 8.53. The molecule has 3 atom stereocenters. The summed E-state index contributed by atoms with van der Waals surface area (Å²) in [5, 5.41) is 0. The lowest BCUT2D eigenvalue weighted by Gasteiger charge is -2.32. The van der Waals surface area contributed by atoms with Gasteiger partial charge >= 0.3 is 11.9 Å². The molecule has 0 saturated carbocycles. The van der Waals surface area contributed by atoms with Gasteiger partial charge < -0.3 is 28.4 Å². The van der Waals surface area contributed by atoms with E-state index in [1.165, 1.54) is 0 Å². The van der Waals surface area contributed by atoms with Gasteiger partial charge in [0.25, 0.3) is 0 Å². The van der Waals surface area contributed by atoms with Crippen LogP contribution in [0.5, 0.6) is 23.0 Å². The van der Waals surface area contributed by atoms with Gasteiger partial charge in [-0.15, -0.1) is 0 Å². The number of methoxy groups -OCH3 is 4. The SMILES string of the molecule is C/C=C(/C)C(=O)O[C@@H]1c2cc(OC)c(OC)cc2-c2c(ccc(OC)c2OC)C[C@H]2C(=O)OC[C@H]12. The number of fused-ring (bicyclic) bond motifs is 4. The zero-order valence-electron chi connectivity index (χ0n) is 20.8. The fraction of sp³-hybridized carbons (Fsp3) is 0.407. The van der Waals surface area contributed by atoms with E-state index in [-0.39, 0.29) is 18.5 Å². The monoisotopic (exact) mass is 482 g/mol. The summed E-state index contributed by atoms with van der Waals surface area (Å²) < 4.78 is 34.1. The molecule has 0 unspecified atom stereocenters. The second-order valence-corrected chi connectivity index (χ2v) is 8.53. The number of carbonyl (C=O) groups is 2. The maximum Gasteiger partial charge on any atom is 0.333 e. The highest BCUT2D eigenvalue weighted by molar-refractivity contribution is 5.89. The fourth-order valence-electron chi connectivity index (χ4n) is 4.83. The van der Waals surface area contributed by atoms with Gasteiger partial charge in [0.05, 0.1) is 41.0 Å². The Hall–Kier alpha value is -3.68. The summed E-state index contributed by atoms with van der Waals surface area (Å²) in [4.78, 5) is 25.8. The first-order chi connectivity index (χ1) is 16.9. The standard InChI is InChI=1S/C27H30O8/c1-7-14(2)26(28)35-24-17-12-22(32-5)21(31-4)11-16(17)23-15(8-9-20(30-3)25(23)33-6)10-18-19(24)13-34-27(18)29/h7-9,11-12,18-19,24H,10,13H2,1-6H3/b14-7-/t18-,19+,24-/m1/s1. The molecule has 8 nitrogen and oxygen atoms in total. The van der Waals surface area contributed by atoms with E-state index < -0.39 is 18.0 Å². The van der Waals surface area contributed by atoms with Crippen LogP contribution >= 0.6 is 0 Å². The van der Waals surface area contributed by atoms with Gasteiger partial charge in [-0.2, -0.15) is 0 Å². The molecule has 2 aliphatic rings. The Labute approximate surface area is 204 Å². The third-order valence-electron chi connectivity index (χ3n) is 6.82. The lowest BCUT2D eigenvalue weighted by Crippen LogP contribution is -2.30. The second kappa shape index (κ2) is 9.90. The molecule has 186 valence electrons. The Kier molecular flexibility index (Phi) is 6.91. The summed E-state index contributed by atoms with van der Waals surface area (Å²) in [6.07, 6.45) is 1.31. The molecule has 1 fully saturated rings. The number of hydrogen-bond acceptors (Lipinski definition) is 8. The molecule has 8 heteroatoms. The van der Waals surface area contributed by atoms with Crippen LogP contribution in [0, 0.1) is 11.8 Å². The molecule has 35 heavy (non-hydrogen) atoms. The van der Waals surface area contributed by atoms with E-state index in [1.807, 2.05) is 18.2 Å². The summed E-state index contributed by atoms with van der Waals surface area (Å²) in [6, 6.07) is 7.39. The summed E-state index contributed by atoms with van der Waals surface area (Å²) in [7, 11) is 6.23. The summed E-state index contributed by atoms with van der Waals surface area (Å²) in [6.45, 7) is 3.61. The maximum atomic E-state index is 13.0. The quantitative estimate of drug-likeness (QED) is 0.445. The van der Waals surface area contributed by atoms with Crippen molar-refractivity contribution in [1.82, 2.24) is 0 Å². The number of esters is 2. The molecule has 2 aromatic rings. The van der Waals surface area contributed by atoms with E-state index >= 15 is 0 Å². The van der Waals surface area contributed by atoms with Crippen LogP contribution in [-0.4, -0.2) is 47.0 Å². The van der Waals surface area contributed by atoms with Crippen LogP contribution in [0.15, 0.2) is 35.9 Å². The molecule has 0 N–H and O–H groups in total. The summed E-state index contributed by atoms with van der Waals surface area (Å²) in [5.41, 5.74) is 3.50. The summed E-state index contributed by atoms with van der Waals surface area (Å²) >= 11 is 0. The molecule has 0 amide bonds. The average Bonchev–Trinajstić information content (AvgIpc) is 3.23. The Bertz CT molecular complexity index is 1180. The Balaban J connectivity index is 2.06. The molecule has 0 spiro atoms. The minimum absolute atomic E-state index is 0.146. The number of carbonyl (C=O) groups excluding carboxylic acids is 2. The van der Waals surface area contributed by atoms with Gasteiger partial charge in [-0.3, -0.25) is 4.79 Å². The number of cyclic esters (lactones) is 1. The maximum absolute atomic E-state index is 13.0. The molecular weight excluding hydrogens is 452 g/mol. The third kappa shape index (κ3) is 4.17. The molecule has 0 aromatic heterocycles. The zero-order chi connectivity index (χ0) is 25.3. The van der Waals surface area contributed by atoms with Gasteiger partial charge in [-0.05, 0) is 49.6 Å². The van der Waals surface area contributed by atoms with Crippen molar-refractivity contribution < 1.29 is 38.0 Å². The minimum atomic E-state index is -0.771. The molecular formula is C27H30O8. The van der Waals surface area contributed by atoms with Crippen molar-refractivity contribution in [1.29, 1.82) is 0 Å². The van der Waals surface area contributed by atoms with Crippen molar-refractivity contribution in [2.75, 3.05) is 35.0 Å². The normalized spacial score (nSPS) is 20.9. The van der Waals surface area contributed by atoms with Gasteiger partial charge in [0.1, 0.15) is 6.10 Å². The van der Waals surface area contributed by atoms with Crippen LogP contribution in [-0.2, 0) is 25.5 Å². The van der Waals surface area contributed by atoms with E-state index in [9.17, 15) is 9.59 Å². The molecule has 0 radical (unpaired) electrons. The van der Waals surface area contributed by atoms with E-state index in [2.05, 4.69) is 0 Å². The van der Waals surface area contributed by atoms with Crippen molar-refractivity contribution in [3.8, 4) is 34.1 Å². The van der Waals surface area contributed by atoms with Crippen molar-refractivity contribution in [3.05, 3.63) is 47.0 Å². The Morgan fingerprint density at radius 1 is 1.00 bits per heavy atom. The van der Waals surface area contributed by atoms with Crippen LogP contribution in [0.2, 0.25) is 0 Å². The third-order valence-corrected chi connectivity index (χ3v) is 6.82. The number of ether oxygens (including phenoxy) is 6. The topological polar surface area (TPSA) is 89.5 Å². The van der Waals surface area contributed by atoms with Crippen LogP contribution in [0.25, 0.3) is 11.1 Å². The van der Waals surface area contributed by atoms with Crippen LogP contribution in [0.4, 0.5) is 0 Å². The van der Waals surface area contributed by atoms with Crippen molar-refractivity contribution in [2.24, 2.45) is 11.8 Å². The Morgan fingerprint density at radius 2 is 1.69 bits per heavy atom. The Morgan fingerprint density at radius 3 is 2.31 bits per heavy atom. The van der Waals surface area contributed by atoms with Gasteiger partial charge in [0.15, 0.2) is 23.0 Å². The molecule has 1 saturated heterocycles. The first-order valence-electron chi connectivity index (χ1n) is 11.4. The predicted molar refractivity (Wildman–Crippen MR) is 128 cm³/mol. The molecule has 1 heterocycles. The van der Waals surface area contributed by atoms with Crippen molar-refractivity contribution in [2.45, 2.75) is 26.4 Å². The van der Waals surface area contributed by atoms with E-state index in [0.717, 1.165) is 16.7 Å². The van der Waals surface area contributed by atoms with Gasteiger partial charge in [-0.1, -0.05) is 12.1 Å². The smallest absolute Gasteiger partial charge is 0.333 e. The van der Waals surface area contributed by atoms with Crippen LogP contribution in [0.3, 0.4) is 0 Å². The largest absolute Gasteiger partial charge is 0.493 e. The lowest BCUT2D eigenvalue weighted by molar-refractivity contribution is -0.149. The number of hydrogen-bond donors (Lipinski definition) is 0. The van der Waals surface area contributed by atoms with E-state index in [1.54, 1.807) is 54.4 Å². The minimum Gasteiger partial charge on any atom is -0.493 e. The lowest BCUT2D eigenvalue weighted by atomic mass is 9.76. The van der Waals surface area contributed by atoms with Gasteiger partial charge in [0, 0.05) is 22.6 Å². The highest BCUT2D eigenvalue weighted by atomic mass is 16.6. The van der Waals surface area contributed by atoms with Crippen LogP contribution in [0.1, 0.15) is 31.1 Å². The van der Waals surface area contributed by atoms with E-state index in [4.69, 9.17) is 28.4 Å². The average molecular weight is 483 g/mol. The highest BCUT2D eigenvalue weighted by Gasteiger charge is 2.47. The molecule has 2 aromatic carbocycles. The van der Waals surface area contributed by atoms with E-state index in [0.29, 0.717) is 40.6 Å². The van der Waals surface area contributed by atoms with Crippen molar-refractivity contribution in [3.63, 3.8) is 0 Å². The summed E-state index contributed by atoms with van der Waals surface area (Å²) in [5.74, 6) is 0.368. The fourth-order valence-corrected chi connectivity index (χ4v) is 4.83.